The summed E-state index contributed by atoms with van der Waals surface area (Å²) in [7, 11) is 9.57. The van der Waals surface area contributed by atoms with Crippen molar-refractivity contribution >= 4 is 33.5 Å². The van der Waals surface area contributed by atoms with E-state index in [9.17, 15) is 9.18 Å². The van der Waals surface area contributed by atoms with Crippen LogP contribution in [0.15, 0.2) is 83.3 Å². The molecule has 1 atom stereocenters. The number of pyridine rings is 1. The first kappa shape index (κ1) is 27.7. The minimum absolute atomic E-state index is 0.209. The summed E-state index contributed by atoms with van der Waals surface area (Å²) in [6.45, 7) is 0.702. The van der Waals surface area contributed by atoms with Gasteiger partial charge in [-0.15, -0.1) is 0 Å². The summed E-state index contributed by atoms with van der Waals surface area (Å²) in [4.78, 5) is 22.5. The lowest BCUT2D eigenvalue weighted by molar-refractivity contribution is 0.0963. The molecule has 6 aromatic rings. The SMILES string of the molecule is CNC(=O)c1c(-c2ccc(F)cc2)oc2cc(N(C)C)c(-c3ccc4c(n3)-c3cc5ccccc5n3C(CN(C)C)O4)cc12. The summed E-state index contributed by atoms with van der Waals surface area (Å²) in [5.74, 6) is 0.439. The Labute approximate surface area is 254 Å². The van der Waals surface area contributed by atoms with Gasteiger partial charge in [-0.2, -0.15) is 0 Å². The first-order valence-electron chi connectivity index (χ1n) is 14.4. The van der Waals surface area contributed by atoms with Crippen molar-refractivity contribution in [3.05, 3.63) is 90.2 Å². The number of ether oxygens (including phenoxy) is 1. The first-order valence-corrected chi connectivity index (χ1v) is 14.4. The zero-order valence-electron chi connectivity index (χ0n) is 25.2. The average Bonchev–Trinajstić information content (AvgIpc) is 3.59. The van der Waals surface area contributed by atoms with Crippen LogP contribution in [0.4, 0.5) is 10.1 Å². The maximum atomic E-state index is 13.7. The second-order valence-electron chi connectivity index (χ2n) is 11.5. The maximum Gasteiger partial charge on any atom is 0.255 e. The molecule has 1 aliphatic heterocycles. The van der Waals surface area contributed by atoms with Gasteiger partial charge in [0.1, 0.15) is 28.6 Å². The zero-order chi connectivity index (χ0) is 30.7. The summed E-state index contributed by atoms with van der Waals surface area (Å²) in [5, 5.41) is 4.49. The van der Waals surface area contributed by atoms with Gasteiger partial charge in [0.15, 0.2) is 6.23 Å². The van der Waals surface area contributed by atoms with Crippen LogP contribution in [-0.2, 0) is 0 Å². The van der Waals surface area contributed by atoms with E-state index in [4.69, 9.17) is 14.1 Å². The van der Waals surface area contributed by atoms with Crippen molar-refractivity contribution in [2.75, 3.05) is 46.7 Å². The fourth-order valence-corrected chi connectivity index (χ4v) is 6.04. The molecule has 7 rings (SSSR count). The lowest BCUT2D eigenvalue weighted by atomic mass is 10.00. The molecule has 0 spiro atoms. The van der Waals surface area contributed by atoms with Crippen LogP contribution in [-0.4, -0.2) is 62.1 Å². The number of benzene rings is 3. The summed E-state index contributed by atoms with van der Waals surface area (Å²) < 4.78 is 28.8. The Hall–Kier alpha value is -5.15. The van der Waals surface area contributed by atoms with Crippen molar-refractivity contribution in [1.82, 2.24) is 19.8 Å². The Balaban J connectivity index is 1.44. The van der Waals surface area contributed by atoms with Gasteiger partial charge >= 0.3 is 0 Å². The number of nitrogens with zero attached hydrogens (tertiary/aromatic N) is 4. The lowest BCUT2D eigenvalue weighted by Crippen LogP contribution is -2.31. The number of fused-ring (bicyclic) bond motifs is 6. The van der Waals surface area contributed by atoms with Crippen LogP contribution in [0.25, 0.3) is 55.8 Å². The number of aromatic nitrogens is 2. The van der Waals surface area contributed by atoms with E-state index in [2.05, 4.69) is 33.0 Å². The van der Waals surface area contributed by atoms with Gasteiger partial charge < -0.3 is 28.8 Å². The Morgan fingerprint density at radius 2 is 1.77 bits per heavy atom. The molecule has 0 fully saturated rings. The van der Waals surface area contributed by atoms with Crippen LogP contribution in [0.2, 0.25) is 0 Å². The van der Waals surface area contributed by atoms with Gasteiger partial charge in [0.25, 0.3) is 5.91 Å². The number of likely N-dealkylation sites (N-methyl/N-ethyl adjacent to an activating group) is 1. The molecular weight excluding hydrogens is 557 g/mol. The highest BCUT2D eigenvalue weighted by atomic mass is 19.1. The predicted octanol–water partition coefficient (Wildman–Crippen LogP) is 6.80. The van der Waals surface area contributed by atoms with Gasteiger partial charge in [-0.25, -0.2) is 9.37 Å². The zero-order valence-corrected chi connectivity index (χ0v) is 25.2. The Kier molecular flexibility index (Phi) is 6.62. The van der Waals surface area contributed by atoms with Crippen molar-refractivity contribution in [2.24, 2.45) is 0 Å². The highest BCUT2D eigenvalue weighted by Crippen LogP contribution is 2.44. The molecule has 44 heavy (non-hydrogen) atoms. The largest absolute Gasteiger partial charge is 0.466 e. The number of nitrogens with one attached hydrogen (secondary N) is 1. The molecule has 9 heteroatoms. The molecule has 1 unspecified atom stereocenters. The monoisotopic (exact) mass is 589 g/mol. The molecule has 0 saturated heterocycles. The molecule has 3 aromatic heterocycles. The van der Waals surface area contributed by atoms with Crippen molar-refractivity contribution < 1.29 is 18.3 Å². The third kappa shape index (κ3) is 4.48. The molecule has 0 aliphatic carbocycles. The fourth-order valence-electron chi connectivity index (χ4n) is 6.04. The van der Waals surface area contributed by atoms with Gasteiger partial charge in [0, 0.05) is 54.8 Å². The number of hydrogen-bond donors (Lipinski definition) is 1. The number of halogens is 1. The minimum Gasteiger partial charge on any atom is -0.466 e. The second-order valence-corrected chi connectivity index (χ2v) is 11.5. The number of anilines is 1. The number of amides is 1. The molecule has 8 nitrogen and oxygen atoms in total. The predicted molar refractivity (Wildman–Crippen MR) is 172 cm³/mol. The quantitative estimate of drug-likeness (QED) is 0.230. The van der Waals surface area contributed by atoms with Gasteiger partial charge in [-0.3, -0.25) is 4.79 Å². The normalized spacial score (nSPS) is 14.0. The Morgan fingerprint density at radius 1 is 1.00 bits per heavy atom. The third-order valence-electron chi connectivity index (χ3n) is 8.05. The molecule has 4 heterocycles. The first-order chi connectivity index (χ1) is 21.2. The standard InChI is InChI=1S/C35H32FN5O3/c1-37-35(42)32-24-17-23(27(40(4)5)18-30(24)44-34(32)20-10-12-22(36)13-11-20)25-14-15-29-33(38-25)28-16-21-8-6-7-9-26(21)41(28)31(43-29)19-39(2)3/h6-18,31H,19H2,1-5H3,(H,37,42). The number of carbonyl (C=O) groups excluding carboxylic acids is 1. The van der Waals surface area contributed by atoms with E-state index in [-0.39, 0.29) is 18.0 Å². The van der Waals surface area contributed by atoms with E-state index >= 15 is 0 Å². The van der Waals surface area contributed by atoms with E-state index in [1.807, 2.05) is 69.5 Å². The van der Waals surface area contributed by atoms with E-state index in [1.165, 1.54) is 12.1 Å². The van der Waals surface area contributed by atoms with Crippen molar-refractivity contribution in [1.29, 1.82) is 0 Å². The highest BCUT2D eigenvalue weighted by molar-refractivity contribution is 6.12. The summed E-state index contributed by atoms with van der Waals surface area (Å²) >= 11 is 0. The minimum atomic E-state index is -0.363. The lowest BCUT2D eigenvalue weighted by Gasteiger charge is -2.31. The van der Waals surface area contributed by atoms with Crippen LogP contribution in [0.5, 0.6) is 5.75 Å². The number of carbonyl (C=O) groups is 1. The van der Waals surface area contributed by atoms with Gasteiger partial charge in [-0.05, 0) is 68.7 Å². The van der Waals surface area contributed by atoms with Crippen LogP contribution >= 0.6 is 0 Å². The van der Waals surface area contributed by atoms with Crippen LogP contribution in [0.3, 0.4) is 0 Å². The van der Waals surface area contributed by atoms with E-state index < -0.39 is 0 Å². The van der Waals surface area contributed by atoms with Crippen LogP contribution in [0.1, 0.15) is 16.6 Å². The van der Waals surface area contributed by atoms with Crippen molar-refractivity contribution in [3.63, 3.8) is 0 Å². The molecule has 222 valence electrons. The van der Waals surface area contributed by atoms with Crippen LogP contribution < -0.4 is 15.0 Å². The molecule has 1 N–H and O–H groups in total. The molecule has 0 radical (unpaired) electrons. The van der Waals surface area contributed by atoms with Gasteiger partial charge in [0.05, 0.1) is 29.0 Å². The molecule has 0 bridgehead atoms. The summed E-state index contributed by atoms with van der Waals surface area (Å²) in [6.07, 6.45) is -0.209. The molecular formula is C35H32FN5O3. The summed E-state index contributed by atoms with van der Waals surface area (Å²) in [5.41, 5.74) is 6.80. The molecule has 1 amide bonds. The van der Waals surface area contributed by atoms with Crippen molar-refractivity contribution in [2.45, 2.75) is 6.23 Å². The third-order valence-corrected chi connectivity index (χ3v) is 8.05. The maximum absolute atomic E-state index is 13.7. The Morgan fingerprint density at radius 3 is 2.50 bits per heavy atom. The van der Waals surface area contributed by atoms with Gasteiger partial charge in [0.2, 0.25) is 0 Å². The fraction of sp³-hybridized carbons (Fsp3) is 0.200. The Bertz CT molecular complexity index is 2060. The number of hydrogen-bond acceptors (Lipinski definition) is 6. The summed E-state index contributed by atoms with van der Waals surface area (Å²) in [6, 6.07) is 24.2. The molecule has 1 aliphatic rings. The van der Waals surface area contributed by atoms with E-state index in [1.54, 1.807) is 19.2 Å². The topological polar surface area (TPSA) is 75.8 Å². The number of furan rings is 1. The van der Waals surface area contributed by atoms with Crippen LogP contribution in [0, 0.1) is 5.82 Å². The number of rotatable bonds is 6. The average molecular weight is 590 g/mol. The van der Waals surface area contributed by atoms with E-state index in [0.29, 0.717) is 34.4 Å². The van der Waals surface area contributed by atoms with Crippen molar-refractivity contribution in [3.8, 4) is 39.7 Å². The number of para-hydroxylation sites is 1. The van der Waals surface area contributed by atoms with E-state index in [0.717, 1.165) is 45.0 Å². The molecule has 0 saturated carbocycles. The second kappa shape index (κ2) is 10.5. The smallest absolute Gasteiger partial charge is 0.255 e. The van der Waals surface area contributed by atoms with Gasteiger partial charge in [-0.1, -0.05) is 18.2 Å². The highest BCUT2D eigenvalue weighted by Gasteiger charge is 2.30. The molecule has 3 aromatic carbocycles.